The normalized spacial score (nSPS) is 11.4. The average molecular weight is 389 g/mol. The molecule has 0 aliphatic heterocycles. The molecule has 0 aliphatic carbocycles. The number of carbonyl (C=O) groups excluding carboxylic acids is 1. The van der Waals surface area contributed by atoms with Crippen LogP contribution in [0.15, 0.2) is 62.6 Å². The molecule has 2 aromatic heterocycles. The third kappa shape index (κ3) is 4.63. The van der Waals surface area contributed by atoms with Crippen LogP contribution in [0.5, 0.6) is 0 Å². The van der Waals surface area contributed by atoms with E-state index in [9.17, 15) is 13.2 Å². The SMILES string of the molecule is CCNS(=O)(=O)c1ccc(CCNC(=O)c2cc(-c3ccco3)on2)cc1. The highest BCUT2D eigenvalue weighted by atomic mass is 32.2. The van der Waals surface area contributed by atoms with Gasteiger partial charge in [-0.1, -0.05) is 24.2 Å². The molecule has 0 bridgehead atoms. The Morgan fingerprint density at radius 3 is 2.59 bits per heavy atom. The van der Waals surface area contributed by atoms with Crippen molar-refractivity contribution in [2.24, 2.45) is 0 Å². The summed E-state index contributed by atoms with van der Waals surface area (Å²) < 4.78 is 36.5. The first-order chi connectivity index (χ1) is 13.0. The maximum Gasteiger partial charge on any atom is 0.273 e. The number of nitrogens with zero attached hydrogens (tertiary/aromatic N) is 1. The van der Waals surface area contributed by atoms with Crippen LogP contribution in [-0.4, -0.2) is 32.6 Å². The lowest BCUT2D eigenvalue weighted by atomic mass is 10.1. The highest BCUT2D eigenvalue weighted by molar-refractivity contribution is 7.89. The Balaban J connectivity index is 1.53. The van der Waals surface area contributed by atoms with Crippen molar-refractivity contribution in [1.82, 2.24) is 15.2 Å². The second-order valence-electron chi connectivity index (χ2n) is 5.70. The summed E-state index contributed by atoms with van der Waals surface area (Å²) >= 11 is 0. The lowest BCUT2D eigenvalue weighted by Crippen LogP contribution is -2.26. The summed E-state index contributed by atoms with van der Waals surface area (Å²) in [6, 6.07) is 11.5. The lowest BCUT2D eigenvalue weighted by Gasteiger charge is -2.06. The van der Waals surface area contributed by atoms with Gasteiger partial charge in [-0.15, -0.1) is 0 Å². The van der Waals surface area contributed by atoms with Gasteiger partial charge in [-0.25, -0.2) is 13.1 Å². The second-order valence-corrected chi connectivity index (χ2v) is 7.47. The summed E-state index contributed by atoms with van der Waals surface area (Å²) in [7, 11) is -3.46. The van der Waals surface area contributed by atoms with Crippen LogP contribution in [0.3, 0.4) is 0 Å². The number of hydrogen-bond acceptors (Lipinski definition) is 6. The monoisotopic (exact) mass is 389 g/mol. The standard InChI is InChI=1S/C18H19N3O5S/c1-2-20-27(23,24)14-7-5-13(6-8-14)9-10-19-18(22)15-12-17(26-21-15)16-4-3-11-25-16/h3-8,11-12,20H,2,9-10H2,1H3,(H,19,22). The summed E-state index contributed by atoms with van der Waals surface area (Å²) in [4.78, 5) is 12.3. The third-order valence-corrected chi connectivity index (χ3v) is 5.34. The van der Waals surface area contributed by atoms with E-state index in [0.29, 0.717) is 31.0 Å². The van der Waals surface area contributed by atoms with Crippen molar-refractivity contribution >= 4 is 15.9 Å². The molecule has 3 aromatic rings. The third-order valence-electron chi connectivity index (χ3n) is 3.77. The van der Waals surface area contributed by atoms with Gasteiger partial charge in [0.1, 0.15) is 0 Å². The Hall–Kier alpha value is -2.91. The number of rotatable bonds is 8. The largest absolute Gasteiger partial charge is 0.461 e. The van der Waals surface area contributed by atoms with Gasteiger partial charge in [-0.05, 0) is 36.2 Å². The van der Waals surface area contributed by atoms with Crippen LogP contribution in [0.4, 0.5) is 0 Å². The maximum atomic E-state index is 12.1. The van der Waals surface area contributed by atoms with Crippen molar-refractivity contribution in [2.75, 3.05) is 13.1 Å². The minimum absolute atomic E-state index is 0.161. The predicted molar refractivity (Wildman–Crippen MR) is 97.5 cm³/mol. The summed E-state index contributed by atoms with van der Waals surface area (Å²) in [5, 5.41) is 6.48. The van der Waals surface area contributed by atoms with Gasteiger partial charge >= 0.3 is 0 Å². The first-order valence-corrected chi connectivity index (χ1v) is 9.85. The zero-order chi connectivity index (χ0) is 19.3. The van der Waals surface area contributed by atoms with Gasteiger partial charge in [0.15, 0.2) is 11.5 Å². The smallest absolute Gasteiger partial charge is 0.273 e. The van der Waals surface area contributed by atoms with E-state index in [1.54, 1.807) is 43.3 Å². The minimum Gasteiger partial charge on any atom is -0.461 e. The molecule has 0 radical (unpaired) electrons. The topological polar surface area (TPSA) is 114 Å². The van der Waals surface area contributed by atoms with Gasteiger partial charge < -0.3 is 14.3 Å². The van der Waals surface area contributed by atoms with E-state index in [0.717, 1.165) is 5.56 Å². The van der Waals surface area contributed by atoms with Gasteiger partial charge in [0.2, 0.25) is 15.8 Å². The van der Waals surface area contributed by atoms with Crippen LogP contribution in [0.2, 0.25) is 0 Å². The molecule has 0 saturated heterocycles. The molecular weight excluding hydrogens is 370 g/mol. The number of furan rings is 1. The molecule has 3 rings (SSSR count). The molecule has 0 saturated carbocycles. The van der Waals surface area contributed by atoms with Crippen LogP contribution in [0.25, 0.3) is 11.5 Å². The van der Waals surface area contributed by atoms with Crippen molar-refractivity contribution in [3.05, 3.63) is 60.0 Å². The molecule has 0 fully saturated rings. The Labute approximate surface area is 156 Å². The molecule has 142 valence electrons. The fourth-order valence-corrected chi connectivity index (χ4v) is 3.48. The Morgan fingerprint density at radius 2 is 1.93 bits per heavy atom. The molecule has 1 aromatic carbocycles. The van der Waals surface area contributed by atoms with E-state index >= 15 is 0 Å². The summed E-state index contributed by atoms with van der Waals surface area (Å²) in [5.41, 5.74) is 1.07. The molecular formula is C18H19N3O5S. The molecule has 0 atom stereocenters. The fraction of sp³-hybridized carbons (Fsp3) is 0.222. The molecule has 2 N–H and O–H groups in total. The summed E-state index contributed by atoms with van der Waals surface area (Å²) in [5.74, 6) is 0.514. The van der Waals surface area contributed by atoms with Crippen LogP contribution in [0.1, 0.15) is 23.0 Å². The van der Waals surface area contributed by atoms with E-state index in [2.05, 4.69) is 15.2 Å². The van der Waals surface area contributed by atoms with Gasteiger partial charge in [-0.2, -0.15) is 0 Å². The second kappa shape index (κ2) is 8.19. The Kier molecular flexibility index (Phi) is 5.72. The number of hydrogen-bond donors (Lipinski definition) is 2. The molecule has 1 amide bonds. The molecule has 0 unspecified atom stereocenters. The zero-order valence-electron chi connectivity index (χ0n) is 14.6. The van der Waals surface area contributed by atoms with E-state index < -0.39 is 10.0 Å². The number of benzene rings is 1. The zero-order valence-corrected chi connectivity index (χ0v) is 15.5. The Morgan fingerprint density at radius 1 is 1.15 bits per heavy atom. The van der Waals surface area contributed by atoms with Crippen molar-refractivity contribution < 1.29 is 22.2 Å². The van der Waals surface area contributed by atoms with Crippen molar-refractivity contribution in [3.63, 3.8) is 0 Å². The molecule has 2 heterocycles. The van der Waals surface area contributed by atoms with Crippen molar-refractivity contribution in [1.29, 1.82) is 0 Å². The molecule has 8 nitrogen and oxygen atoms in total. The maximum absolute atomic E-state index is 12.1. The van der Waals surface area contributed by atoms with Gasteiger partial charge in [-0.3, -0.25) is 4.79 Å². The minimum atomic E-state index is -3.46. The van der Waals surface area contributed by atoms with E-state index in [1.165, 1.54) is 12.3 Å². The van der Waals surface area contributed by atoms with Gasteiger partial charge in [0, 0.05) is 19.2 Å². The number of carbonyl (C=O) groups is 1. The van der Waals surface area contributed by atoms with Crippen LogP contribution < -0.4 is 10.0 Å². The Bertz CT molecular complexity index is 992. The number of amides is 1. The van der Waals surface area contributed by atoms with Crippen molar-refractivity contribution in [2.45, 2.75) is 18.2 Å². The average Bonchev–Trinajstić information content (AvgIpc) is 3.33. The van der Waals surface area contributed by atoms with Crippen LogP contribution >= 0.6 is 0 Å². The van der Waals surface area contributed by atoms with Gasteiger partial charge in [0.25, 0.3) is 5.91 Å². The van der Waals surface area contributed by atoms with Crippen LogP contribution in [0, 0.1) is 0 Å². The highest BCUT2D eigenvalue weighted by Crippen LogP contribution is 2.20. The molecule has 0 spiro atoms. The number of sulfonamides is 1. The van der Waals surface area contributed by atoms with E-state index in [1.807, 2.05) is 0 Å². The first kappa shape index (κ1) is 18.9. The van der Waals surface area contributed by atoms with Crippen LogP contribution in [-0.2, 0) is 16.4 Å². The highest BCUT2D eigenvalue weighted by Gasteiger charge is 2.15. The molecule has 27 heavy (non-hydrogen) atoms. The summed E-state index contributed by atoms with van der Waals surface area (Å²) in [6.45, 7) is 2.43. The van der Waals surface area contributed by atoms with E-state index in [4.69, 9.17) is 8.94 Å². The van der Waals surface area contributed by atoms with Gasteiger partial charge in [0.05, 0.1) is 11.2 Å². The molecule has 9 heteroatoms. The summed E-state index contributed by atoms with van der Waals surface area (Å²) in [6.07, 6.45) is 2.06. The predicted octanol–water partition coefficient (Wildman–Crippen LogP) is 2.21. The number of aromatic nitrogens is 1. The molecule has 0 aliphatic rings. The first-order valence-electron chi connectivity index (χ1n) is 8.37. The lowest BCUT2D eigenvalue weighted by molar-refractivity contribution is 0.0945. The van der Waals surface area contributed by atoms with Crippen molar-refractivity contribution in [3.8, 4) is 11.5 Å². The quantitative estimate of drug-likeness (QED) is 0.610. The fourth-order valence-electron chi connectivity index (χ4n) is 2.44. The van der Waals surface area contributed by atoms with E-state index in [-0.39, 0.29) is 16.5 Å². The number of nitrogens with one attached hydrogen (secondary N) is 2.